The number of halogens is 5. The third-order valence-electron chi connectivity index (χ3n) is 2.54. The second-order valence-corrected chi connectivity index (χ2v) is 4.16. The van der Waals surface area contributed by atoms with Crippen LogP contribution in [0.25, 0.3) is 0 Å². The number of alkyl halides is 3. The molecule has 0 aromatic heterocycles. The van der Waals surface area contributed by atoms with E-state index in [4.69, 9.17) is 9.47 Å². The maximum absolute atomic E-state index is 13.0. The maximum Gasteiger partial charge on any atom is 0.511 e. The van der Waals surface area contributed by atoms with Crippen molar-refractivity contribution in [3.05, 3.63) is 11.7 Å². The summed E-state index contributed by atoms with van der Waals surface area (Å²) < 4.78 is 75.3. The summed E-state index contributed by atoms with van der Waals surface area (Å²) in [6, 6.07) is 0. The summed E-state index contributed by atoms with van der Waals surface area (Å²) in [5, 5.41) is 0. The summed E-state index contributed by atoms with van der Waals surface area (Å²) in [4.78, 5) is 10.9. The second kappa shape index (κ2) is 6.38. The number of carbonyl (C=O) groups excluding carboxylic acids is 1. The number of carbonyl (C=O) groups is 1. The lowest BCUT2D eigenvalue weighted by molar-refractivity contribution is -0.183. The summed E-state index contributed by atoms with van der Waals surface area (Å²) in [7, 11) is 0. The van der Waals surface area contributed by atoms with E-state index in [9.17, 15) is 26.7 Å². The van der Waals surface area contributed by atoms with E-state index in [0.717, 1.165) is 0 Å². The Labute approximate surface area is 111 Å². The van der Waals surface area contributed by atoms with Gasteiger partial charge >= 0.3 is 12.3 Å². The molecule has 0 aliphatic carbocycles. The highest BCUT2D eigenvalue weighted by Gasteiger charge is 2.44. The molecule has 0 spiro atoms. The molecule has 0 N–H and O–H groups in total. The van der Waals surface area contributed by atoms with Crippen LogP contribution in [0.5, 0.6) is 0 Å². The quantitative estimate of drug-likeness (QED) is 0.553. The first-order valence-electron chi connectivity index (χ1n) is 5.81. The molecule has 20 heavy (non-hydrogen) atoms. The fraction of sp³-hybridized carbons (Fsp3) is 0.727. The largest absolute Gasteiger partial charge is 0.511 e. The molecule has 0 radical (unpaired) electrons. The lowest BCUT2D eigenvalue weighted by atomic mass is 10.1. The van der Waals surface area contributed by atoms with E-state index in [-0.39, 0.29) is 13.0 Å². The predicted octanol–water partition coefficient (Wildman–Crippen LogP) is 3.77. The van der Waals surface area contributed by atoms with Crippen LogP contribution in [0.3, 0.4) is 0 Å². The number of hydrogen-bond donors (Lipinski definition) is 0. The van der Waals surface area contributed by atoms with Crippen molar-refractivity contribution in [3.8, 4) is 0 Å². The van der Waals surface area contributed by atoms with E-state index in [0.29, 0.717) is 12.8 Å². The SMILES string of the molecule is CCCCC1(OC/C(F)=C(/F)C(F)(F)F)COC(=O)O1. The summed E-state index contributed by atoms with van der Waals surface area (Å²) in [6.45, 7) is 0.133. The fourth-order valence-electron chi connectivity index (χ4n) is 1.50. The van der Waals surface area contributed by atoms with Gasteiger partial charge in [0.05, 0.1) is 0 Å². The topological polar surface area (TPSA) is 44.8 Å². The third-order valence-corrected chi connectivity index (χ3v) is 2.54. The van der Waals surface area contributed by atoms with Gasteiger partial charge < -0.3 is 14.2 Å². The highest BCUT2D eigenvalue weighted by molar-refractivity contribution is 5.62. The molecular formula is C11H13F5O4. The van der Waals surface area contributed by atoms with E-state index in [1.165, 1.54) is 0 Å². The smallest absolute Gasteiger partial charge is 0.427 e. The van der Waals surface area contributed by atoms with Crippen LogP contribution in [0, 0.1) is 0 Å². The molecule has 0 aromatic carbocycles. The van der Waals surface area contributed by atoms with Gasteiger partial charge in [0.2, 0.25) is 5.83 Å². The van der Waals surface area contributed by atoms with Crippen LogP contribution in [0.15, 0.2) is 11.7 Å². The minimum absolute atomic E-state index is 0.107. The minimum atomic E-state index is -5.42. The zero-order valence-corrected chi connectivity index (χ0v) is 10.6. The average Bonchev–Trinajstić information content (AvgIpc) is 2.74. The van der Waals surface area contributed by atoms with Gasteiger partial charge in [-0.15, -0.1) is 0 Å². The van der Waals surface area contributed by atoms with E-state index in [1.807, 2.05) is 6.92 Å². The van der Waals surface area contributed by atoms with Gasteiger partial charge in [0.25, 0.3) is 5.79 Å². The van der Waals surface area contributed by atoms with Crippen LogP contribution in [0.2, 0.25) is 0 Å². The molecule has 4 nitrogen and oxygen atoms in total. The molecule has 116 valence electrons. The van der Waals surface area contributed by atoms with Crippen molar-refractivity contribution in [2.45, 2.75) is 38.1 Å². The first-order valence-corrected chi connectivity index (χ1v) is 5.81. The molecule has 1 unspecified atom stereocenters. The standard InChI is InChI=1S/C11H13F5O4/c1-2-3-4-10(6-18-9(17)20-10)19-5-7(12)8(13)11(14,15)16/h2-6H2,1H3/b8-7-. The molecular weight excluding hydrogens is 291 g/mol. The van der Waals surface area contributed by atoms with Crippen LogP contribution in [-0.4, -0.2) is 31.3 Å². The molecule has 1 atom stereocenters. The highest BCUT2D eigenvalue weighted by Crippen LogP contribution is 2.32. The zero-order chi connectivity index (χ0) is 15.4. The molecule has 1 fully saturated rings. The Kier molecular flexibility index (Phi) is 5.32. The van der Waals surface area contributed by atoms with Gasteiger partial charge in [-0.05, 0) is 6.42 Å². The molecule has 0 amide bonds. The first-order chi connectivity index (χ1) is 9.20. The summed E-state index contributed by atoms with van der Waals surface area (Å²) >= 11 is 0. The van der Waals surface area contributed by atoms with Crippen molar-refractivity contribution in [2.75, 3.05) is 13.2 Å². The van der Waals surface area contributed by atoms with Gasteiger partial charge in [-0.2, -0.15) is 17.6 Å². The van der Waals surface area contributed by atoms with Crippen LogP contribution < -0.4 is 0 Å². The monoisotopic (exact) mass is 304 g/mol. The second-order valence-electron chi connectivity index (χ2n) is 4.16. The highest BCUT2D eigenvalue weighted by atomic mass is 19.4. The Morgan fingerprint density at radius 2 is 2.05 bits per heavy atom. The van der Waals surface area contributed by atoms with Gasteiger partial charge in [0.15, 0.2) is 12.4 Å². The maximum atomic E-state index is 13.0. The lowest BCUT2D eigenvalue weighted by Crippen LogP contribution is -2.36. The van der Waals surface area contributed by atoms with Gasteiger partial charge in [-0.1, -0.05) is 13.3 Å². The number of hydrogen-bond acceptors (Lipinski definition) is 4. The molecule has 1 rings (SSSR count). The Morgan fingerprint density at radius 3 is 2.50 bits per heavy atom. The van der Waals surface area contributed by atoms with E-state index < -0.39 is 36.4 Å². The van der Waals surface area contributed by atoms with Gasteiger partial charge in [-0.25, -0.2) is 9.18 Å². The number of ether oxygens (including phenoxy) is 3. The molecule has 0 aromatic rings. The predicted molar refractivity (Wildman–Crippen MR) is 55.9 cm³/mol. The van der Waals surface area contributed by atoms with Crippen LogP contribution in [-0.2, 0) is 14.2 Å². The summed E-state index contributed by atoms with van der Waals surface area (Å²) in [6.07, 6.45) is -5.20. The summed E-state index contributed by atoms with van der Waals surface area (Å²) in [5.74, 6) is -6.65. The number of unbranched alkanes of at least 4 members (excludes halogenated alkanes) is 1. The van der Waals surface area contributed by atoms with Crippen molar-refractivity contribution in [2.24, 2.45) is 0 Å². The van der Waals surface area contributed by atoms with Crippen molar-refractivity contribution in [1.82, 2.24) is 0 Å². The van der Waals surface area contributed by atoms with Crippen molar-refractivity contribution in [1.29, 1.82) is 0 Å². The number of rotatable bonds is 6. The molecule has 9 heteroatoms. The van der Waals surface area contributed by atoms with Gasteiger partial charge in [0, 0.05) is 6.42 Å². The molecule has 1 aliphatic rings. The Bertz CT molecular complexity index is 393. The van der Waals surface area contributed by atoms with E-state index >= 15 is 0 Å². The van der Waals surface area contributed by atoms with E-state index in [2.05, 4.69) is 4.74 Å². The third kappa shape index (κ3) is 4.32. The molecule has 1 heterocycles. The van der Waals surface area contributed by atoms with Crippen LogP contribution in [0.1, 0.15) is 26.2 Å². The first kappa shape index (κ1) is 16.7. The molecule has 1 aliphatic heterocycles. The fourth-order valence-corrected chi connectivity index (χ4v) is 1.50. The molecule has 0 saturated carbocycles. The van der Waals surface area contributed by atoms with Crippen LogP contribution in [0.4, 0.5) is 26.7 Å². The Morgan fingerprint density at radius 1 is 1.40 bits per heavy atom. The van der Waals surface area contributed by atoms with Crippen molar-refractivity contribution in [3.63, 3.8) is 0 Å². The Hall–Kier alpha value is -1.38. The molecule has 1 saturated heterocycles. The van der Waals surface area contributed by atoms with Crippen LogP contribution >= 0.6 is 0 Å². The van der Waals surface area contributed by atoms with Gasteiger partial charge in [-0.3, -0.25) is 0 Å². The lowest BCUT2D eigenvalue weighted by Gasteiger charge is -2.24. The normalized spacial score (nSPS) is 24.2. The average molecular weight is 304 g/mol. The zero-order valence-electron chi connectivity index (χ0n) is 10.6. The molecule has 0 bridgehead atoms. The van der Waals surface area contributed by atoms with Crippen molar-refractivity contribution >= 4 is 6.16 Å². The minimum Gasteiger partial charge on any atom is -0.427 e. The van der Waals surface area contributed by atoms with Crippen molar-refractivity contribution < 1.29 is 41.0 Å². The van der Waals surface area contributed by atoms with E-state index in [1.54, 1.807) is 0 Å². The summed E-state index contributed by atoms with van der Waals surface area (Å²) in [5.41, 5.74) is 0. The Balaban J connectivity index is 2.70. The van der Waals surface area contributed by atoms with Gasteiger partial charge in [0.1, 0.15) is 6.61 Å². The number of allylic oxidation sites excluding steroid dienone is 1. The number of cyclic esters (lactones) is 2.